The first-order valence-electron chi connectivity index (χ1n) is 7.24. The monoisotopic (exact) mass is 289 g/mol. The molecule has 1 aromatic carbocycles. The third kappa shape index (κ3) is 4.09. The van der Waals surface area contributed by atoms with Gasteiger partial charge < -0.3 is 10.1 Å². The lowest BCUT2D eigenvalue weighted by molar-refractivity contribution is 0.242. The van der Waals surface area contributed by atoms with Crippen LogP contribution < -0.4 is 10.1 Å². The molecule has 1 aromatic heterocycles. The molecular formula is C17H23NOS. The van der Waals surface area contributed by atoms with E-state index in [-0.39, 0.29) is 12.1 Å². The topological polar surface area (TPSA) is 21.3 Å². The van der Waals surface area contributed by atoms with Crippen molar-refractivity contribution in [3.8, 4) is 5.75 Å². The van der Waals surface area contributed by atoms with Gasteiger partial charge in [0.15, 0.2) is 0 Å². The molecule has 1 unspecified atom stereocenters. The van der Waals surface area contributed by atoms with Gasteiger partial charge in [-0.1, -0.05) is 25.1 Å². The zero-order valence-corrected chi connectivity index (χ0v) is 13.2. The molecule has 0 amide bonds. The molecular weight excluding hydrogens is 266 g/mol. The van der Waals surface area contributed by atoms with Crippen LogP contribution in [0.25, 0.3) is 0 Å². The quantitative estimate of drug-likeness (QED) is 0.802. The fourth-order valence-electron chi connectivity index (χ4n) is 2.14. The van der Waals surface area contributed by atoms with Crippen LogP contribution in [0.2, 0.25) is 0 Å². The highest BCUT2D eigenvalue weighted by Gasteiger charge is 2.14. The molecule has 0 aliphatic heterocycles. The smallest absolute Gasteiger partial charge is 0.119 e. The molecule has 2 rings (SSSR count). The third-order valence-electron chi connectivity index (χ3n) is 3.01. The molecule has 0 aliphatic carbocycles. The first-order chi connectivity index (χ1) is 9.70. The summed E-state index contributed by atoms with van der Waals surface area (Å²) in [6, 6.07) is 13.0. The van der Waals surface area contributed by atoms with Crippen molar-refractivity contribution >= 4 is 11.3 Å². The van der Waals surface area contributed by atoms with Crippen LogP contribution in [0, 0.1) is 0 Å². The molecule has 1 atom stereocenters. The van der Waals surface area contributed by atoms with Crippen molar-refractivity contribution in [2.24, 2.45) is 0 Å². The number of ether oxygens (including phenoxy) is 1. The third-order valence-corrected chi connectivity index (χ3v) is 3.95. The summed E-state index contributed by atoms with van der Waals surface area (Å²) in [7, 11) is 0. The number of rotatable bonds is 7. The van der Waals surface area contributed by atoms with E-state index in [4.69, 9.17) is 4.74 Å². The summed E-state index contributed by atoms with van der Waals surface area (Å²) in [6.45, 7) is 7.31. The van der Waals surface area contributed by atoms with Crippen molar-refractivity contribution in [3.05, 3.63) is 52.2 Å². The van der Waals surface area contributed by atoms with E-state index in [1.54, 1.807) is 11.3 Å². The van der Waals surface area contributed by atoms with E-state index in [0.29, 0.717) is 0 Å². The van der Waals surface area contributed by atoms with Crippen LogP contribution in [0.5, 0.6) is 5.75 Å². The zero-order valence-electron chi connectivity index (χ0n) is 12.4. The van der Waals surface area contributed by atoms with Crippen LogP contribution in [0.1, 0.15) is 43.7 Å². The fourth-order valence-corrected chi connectivity index (χ4v) is 2.96. The maximum Gasteiger partial charge on any atom is 0.119 e. The van der Waals surface area contributed by atoms with Crippen molar-refractivity contribution in [1.82, 2.24) is 5.32 Å². The fraction of sp³-hybridized carbons (Fsp3) is 0.412. The molecule has 108 valence electrons. The van der Waals surface area contributed by atoms with E-state index < -0.39 is 0 Å². The van der Waals surface area contributed by atoms with Crippen LogP contribution >= 0.6 is 11.3 Å². The number of hydrogen-bond donors (Lipinski definition) is 1. The Morgan fingerprint density at radius 1 is 1.15 bits per heavy atom. The van der Waals surface area contributed by atoms with Gasteiger partial charge in [-0.3, -0.25) is 0 Å². The van der Waals surface area contributed by atoms with Crippen LogP contribution in [0.15, 0.2) is 41.8 Å². The Kier molecular flexibility index (Phi) is 5.62. The second-order valence-corrected chi connectivity index (χ2v) is 6.12. The Hall–Kier alpha value is -1.32. The van der Waals surface area contributed by atoms with Crippen LogP contribution in [-0.4, -0.2) is 12.6 Å². The van der Waals surface area contributed by atoms with E-state index >= 15 is 0 Å². The highest BCUT2D eigenvalue weighted by atomic mass is 32.1. The Bertz CT molecular complexity index is 490. The van der Waals surface area contributed by atoms with Gasteiger partial charge >= 0.3 is 0 Å². The van der Waals surface area contributed by atoms with E-state index in [0.717, 1.165) is 18.7 Å². The maximum atomic E-state index is 5.70. The van der Waals surface area contributed by atoms with Crippen molar-refractivity contribution in [2.45, 2.75) is 39.3 Å². The van der Waals surface area contributed by atoms with Gasteiger partial charge in [0.2, 0.25) is 0 Å². The largest absolute Gasteiger partial charge is 0.491 e. The average molecular weight is 289 g/mol. The van der Waals surface area contributed by atoms with Gasteiger partial charge in [-0.25, -0.2) is 0 Å². The van der Waals surface area contributed by atoms with Crippen molar-refractivity contribution in [3.63, 3.8) is 0 Å². The summed E-state index contributed by atoms with van der Waals surface area (Å²) in [5.74, 6) is 0.934. The number of hydrogen-bond acceptors (Lipinski definition) is 3. The van der Waals surface area contributed by atoms with Gasteiger partial charge in [0.25, 0.3) is 0 Å². The van der Waals surface area contributed by atoms with E-state index in [9.17, 15) is 0 Å². The van der Waals surface area contributed by atoms with E-state index in [1.165, 1.54) is 10.4 Å². The Labute approximate surface area is 125 Å². The molecule has 1 N–H and O–H groups in total. The summed E-state index contributed by atoms with van der Waals surface area (Å²) < 4.78 is 5.70. The lowest BCUT2D eigenvalue weighted by atomic mass is 10.0. The van der Waals surface area contributed by atoms with Gasteiger partial charge in [0, 0.05) is 4.88 Å². The molecule has 1 heterocycles. The highest BCUT2D eigenvalue weighted by Crippen LogP contribution is 2.27. The predicted octanol–water partition coefficient (Wildman–Crippen LogP) is 4.62. The Balaban J connectivity index is 2.16. The molecule has 0 radical (unpaired) electrons. The van der Waals surface area contributed by atoms with Gasteiger partial charge in [-0.05, 0) is 56.0 Å². The minimum absolute atomic E-state index is 0.215. The van der Waals surface area contributed by atoms with E-state index in [2.05, 4.69) is 54.0 Å². The summed E-state index contributed by atoms with van der Waals surface area (Å²) in [4.78, 5) is 1.36. The lowest BCUT2D eigenvalue weighted by Crippen LogP contribution is -2.22. The number of thiophene rings is 1. The molecule has 0 spiro atoms. The minimum atomic E-state index is 0.215. The molecule has 3 heteroatoms. The second-order valence-electron chi connectivity index (χ2n) is 5.14. The first-order valence-corrected chi connectivity index (χ1v) is 8.12. The summed E-state index contributed by atoms with van der Waals surface area (Å²) in [6.07, 6.45) is 1.35. The molecule has 0 saturated carbocycles. The van der Waals surface area contributed by atoms with E-state index in [1.807, 2.05) is 13.8 Å². The normalized spacial score (nSPS) is 12.6. The standard InChI is InChI=1S/C17H23NOS/c1-4-11-18-17(16-6-5-12-20-16)14-7-9-15(10-8-14)19-13(2)3/h5-10,12-13,17-18H,4,11H2,1-3H3. The summed E-state index contributed by atoms with van der Waals surface area (Å²) >= 11 is 1.80. The summed E-state index contributed by atoms with van der Waals surface area (Å²) in [5, 5.41) is 5.75. The summed E-state index contributed by atoms with van der Waals surface area (Å²) in [5.41, 5.74) is 1.29. The second kappa shape index (κ2) is 7.46. The number of nitrogens with one attached hydrogen (secondary N) is 1. The lowest BCUT2D eigenvalue weighted by Gasteiger charge is -2.18. The van der Waals surface area contributed by atoms with Crippen LogP contribution in [-0.2, 0) is 0 Å². The van der Waals surface area contributed by atoms with Gasteiger partial charge in [-0.2, -0.15) is 0 Å². The molecule has 0 aliphatic rings. The molecule has 0 fully saturated rings. The molecule has 20 heavy (non-hydrogen) atoms. The van der Waals surface area contributed by atoms with Crippen LogP contribution in [0.3, 0.4) is 0 Å². The first kappa shape index (κ1) is 15.1. The van der Waals surface area contributed by atoms with Gasteiger partial charge in [0.1, 0.15) is 5.75 Å². The minimum Gasteiger partial charge on any atom is -0.491 e. The molecule has 0 bridgehead atoms. The van der Waals surface area contributed by atoms with Crippen molar-refractivity contribution in [1.29, 1.82) is 0 Å². The SMILES string of the molecule is CCCNC(c1ccc(OC(C)C)cc1)c1cccs1. The molecule has 0 saturated heterocycles. The van der Waals surface area contributed by atoms with Crippen molar-refractivity contribution < 1.29 is 4.74 Å². The zero-order chi connectivity index (χ0) is 14.4. The Morgan fingerprint density at radius 3 is 2.45 bits per heavy atom. The molecule has 2 nitrogen and oxygen atoms in total. The predicted molar refractivity (Wildman–Crippen MR) is 86.7 cm³/mol. The van der Waals surface area contributed by atoms with Gasteiger partial charge in [-0.15, -0.1) is 11.3 Å². The van der Waals surface area contributed by atoms with Crippen molar-refractivity contribution in [2.75, 3.05) is 6.54 Å². The van der Waals surface area contributed by atoms with Gasteiger partial charge in [0.05, 0.1) is 12.1 Å². The number of benzene rings is 1. The maximum absolute atomic E-state index is 5.70. The highest BCUT2D eigenvalue weighted by molar-refractivity contribution is 7.10. The average Bonchev–Trinajstić information content (AvgIpc) is 2.94. The van der Waals surface area contributed by atoms with Crippen LogP contribution in [0.4, 0.5) is 0 Å². The molecule has 2 aromatic rings. The Morgan fingerprint density at radius 2 is 1.90 bits per heavy atom.